The molecular weight excluding hydrogens is 260 g/mol. The summed E-state index contributed by atoms with van der Waals surface area (Å²) in [5.74, 6) is 0.938. The highest BCUT2D eigenvalue weighted by Crippen LogP contribution is 2.26. The Morgan fingerprint density at radius 3 is 2.67 bits per heavy atom. The predicted octanol–water partition coefficient (Wildman–Crippen LogP) is 2.85. The molecule has 0 radical (unpaired) electrons. The van der Waals surface area contributed by atoms with Gasteiger partial charge in [-0.05, 0) is 36.6 Å². The number of nitrogens with zero attached hydrogens (tertiary/aromatic N) is 1. The SMILES string of the molecule is NC1Cc2ccccc2N(CCCOc2ccccc2)C1. The van der Waals surface area contributed by atoms with E-state index in [1.807, 2.05) is 30.3 Å². The van der Waals surface area contributed by atoms with E-state index in [1.54, 1.807) is 0 Å². The highest BCUT2D eigenvalue weighted by molar-refractivity contribution is 5.56. The number of ether oxygens (including phenoxy) is 1. The van der Waals surface area contributed by atoms with Crippen molar-refractivity contribution < 1.29 is 4.74 Å². The lowest BCUT2D eigenvalue weighted by molar-refractivity contribution is 0.311. The van der Waals surface area contributed by atoms with Crippen LogP contribution in [0.5, 0.6) is 5.75 Å². The van der Waals surface area contributed by atoms with Crippen molar-refractivity contribution in [2.45, 2.75) is 18.9 Å². The first kappa shape index (κ1) is 14.0. The number of hydrogen-bond acceptors (Lipinski definition) is 3. The minimum absolute atomic E-state index is 0.231. The smallest absolute Gasteiger partial charge is 0.119 e. The molecule has 0 saturated heterocycles. The average molecular weight is 282 g/mol. The summed E-state index contributed by atoms with van der Waals surface area (Å²) < 4.78 is 5.75. The van der Waals surface area contributed by atoms with E-state index < -0.39 is 0 Å². The summed E-state index contributed by atoms with van der Waals surface area (Å²) in [5.41, 5.74) is 8.86. The van der Waals surface area contributed by atoms with Crippen LogP contribution in [0.4, 0.5) is 5.69 Å². The molecule has 0 saturated carbocycles. The standard InChI is InChI=1S/C18H22N2O/c19-16-13-15-7-4-5-10-18(15)20(14-16)11-6-12-21-17-8-2-1-3-9-17/h1-5,7-10,16H,6,11-14,19H2. The van der Waals surface area contributed by atoms with E-state index in [2.05, 4.69) is 29.2 Å². The average Bonchev–Trinajstić information content (AvgIpc) is 2.52. The quantitative estimate of drug-likeness (QED) is 0.857. The Balaban J connectivity index is 1.54. The molecule has 3 rings (SSSR count). The predicted molar refractivity (Wildman–Crippen MR) is 86.9 cm³/mol. The van der Waals surface area contributed by atoms with Gasteiger partial charge in [-0.1, -0.05) is 36.4 Å². The van der Waals surface area contributed by atoms with Crippen molar-refractivity contribution in [3.63, 3.8) is 0 Å². The molecule has 21 heavy (non-hydrogen) atoms. The van der Waals surface area contributed by atoms with Gasteiger partial charge in [-0.25, -0.2) is 0 Å². The van der Waals surface area contributed by atoms with Crippen LogP contribution in [0.3, 0.4) is 0 Å². The van der Waals surface area contributed by atoms with Crippen molar-refractivity contribution in [2.75, 3.05) is 24.6 Å². The fourth-order valence-electron chi connectivity index (χ4n) is 2.89. The van der Waals surface area contributed by atoms with E-state index in [1.165, 1.54) is 11.3 Å². The lowest BCUT2D eigenvalue weighted by Gasteiger charge is -2.34. The molecule has 0 bridgehead atoms. The zero-order valence-electron chi connectivity index (χ0n) is 12.2. The highest BCUT2D eigenvalue weighted by Gasteiger charge is 2.20. The summed E-state index contributed by atoms with van der Waals surface area (Å²) in [6.07, 6.45) is 1.98. The Morgan fingerprint density at radius 2 is 1.81 bits per heavy atom. The van der Waals surface area contributed by atoms with Gasteiger partial charge in [-0.3, -0.25) is 0 Å². The third-order valence-electron chi connectivity index (χ3n) is 3.85. The topological polar surface area (TPSA) is 38.5 Å². The molecule has 3 nitrogen and oxygen atoms in total. The van der Waals surface area contributed by atoms with Crippen molar-refractivity contribution in [3.05, 3.63) is 60.2 Å². The molecule has 0 aliphatic carbocycles. The second-order valence-corrected chi connectivity index (χ2v) is 5.55. The van der Waals surface area contributed by atoms with Gasteiger partial charge in [0.1, 0.15) is 5.75 Å². The van der Waals surface area contributed by atoms with Crippen molar-refractivity contribution in [2.24, 2.45) is 5.73 Å². The Bertz CT molecular complexity index is 570. The van der Waals surface area contributed by atoms with E-state index in [0.717, 1.165) is 38.3 Å². The van der Waals surface area contributed by atoms with Gasteiger partial charge in [0.25, 0.3) is 0 Å². The molecule has 2 aromatic carbocycles. The Morgan fingerprint density at radius 1 is 1.05 bits per heavy atom. The number of benzene rings is 2. The van der Waals surface area contributed by atoms with Crippen LogP contribution >= 0.6 is 0 Å². The van der Waals surface area contributed by atoms with Gasteiger partial charge in [0.15, 0.2) is 0 Å². The zero-order valence-corrected chi connectivity index (χ0v) is 12.2. The van der Waals surface area contributed by atoms with Gasteiger partial charge in [0.2, 0.25) is 0 Å². The molecule has 2 N–H and O–H groups in total. The van der Waals surface area contributed by atoms with Gasteiger partial charge in [-0.15, -0.1) is 0 Å². The summed E-state index contributed by atoms with van der Waals surface area (Å²) in [6.45, 7) is 2.65. The molecule has 1 atom stereocenters. The van der Waals surface area contributed by atoms with Crippen LogP contribution < -0.4 is 15.4 Å². The van der Waals surface area contributed by atoms with Crippen molar-refractivity contribution in [1.82, 2.24) is 0 Å². The number of fused-ring (bicyclic) bond motifs is 1. The minimum Gasteiger partial charge on any atom is -0.494 e. The fourth-order valence-corrected chi connectivity index (χ4v) is 2.89. The summed E-state index contributed by atoms with van der Waals surface area (Å²) in [6, 6.07) is 18.8. The molecule has 1 aliphatic rings. The van der Waals surface area contributed by atoms with E-state index >= 15 is 0 Å². The Kier molecular flexibility index (Phi) is 4.41. The number of para-hydroxylation sites is 2. The summed E-state index contributed by atoms with van der Waals surface area (Å²) in [4.78, 5) is 2.39. The number of hydrogen-bond donors (Lipinski definition) is 1. The van der Waals surface area contributed by atoms with E-state index in [0.29, 0.717) is 0 Å². The third kappa shape index (κ3) is 3.56. The molecule has 0 fully saturated rings. The maximum Gasteiger partial charge on any atom is 0.119 e. The third-order valence-corrected chi connectivity index (χ3v) is 3.85. The Labute approximate surface area is 126 Å². The lowest BCUT2D eigenvalue weighted by Crippen LogP contribution is -2.43. The van der Waals surface area contributed by atoms with Crippen LogP contribution in [0.25, 0.3) is 0 Å². The molecule has 2 aromatic rings. The first-order valence-corrected chi connectivity index (χ1v) is 7.59. The largest absolute Gasteiger partial charge is 0.494 e. The van der Waals surface area contributed by atoms with Gasteiger partial charge in [0.05, 0.1) is 6.61 Å². The number of rotatable bonds is 5. The highest BCUT2D eigenvalue weighted by atomic mass is 16.5. The first-order valence-electron chi connectivity index (χ1n) is 7.59. The maximum atomic E-state index is 6.16. The normalized spacial score (nSPS) is 17.4. The van der Waals surface area contributed by atoms with Crippen molar-refractivity contribution in [3.8, 4) is 5.75 Å². The van der Waals surface area contributed by atoms with Gasteiger partial charge in [-0.2, -0.15) is 0 Å². The van der Waals surface area contributed by atoms with Gasteiger partial charge < -0.3 is 15.4 Å². The molecule has 3 heteroatoms. The van der Waals surface area contributed by atoms with Gasteiger partial charge >= 0.3 is 0 Å². The van der Waals surface area contributed by atoms with Gasteiger partial charge in [0, 0.05) is 24.8 Å². The molecule has 0 aromatic heterocycles. The summed E-state index contributed by atoms with van der Waals surface area (Å²) >= 11 is 0. The van der Waals surface area contributed by atoms with E-state index in [9.17, 15) is 0 Å². The molecular formula is C18H22N2O. The lowest BCUT2D eigenvalue weighted by atomic mass is 9.98. The second-order valence-electron chi connectivity index (χ2n) is 5.55. The van der Waals surface area contributed by atoms with Crippen LogP contribution in [0.2, 0.25) is 0 Å². The van der Waals surface area contributed by atoms with Crippen LogP contribution in [-0.2, 0) is 6.42 Å². The number of anilines is 1. The van der Waals surface area contributed by atoms with Crippen LogP contribution in [-0.4, -0.2) is 25.7 Å². The molecule has 1 heterocycles. The molecule has 110 valence electrons. The molecule has 0 amide bonds. The van der Waals surface area contributed by atoms with E-state index in [4.69, 9.17) is 10.5 Å². The summed E-state index contributed by atoms with van der Waals surface area (Å²) in [7, 11) is 0. The number of nitrogens with two attached hydrogens (primary N) is 1. The monoisotopic (exact) mass is 282 g/mol. The maximum absolute atomic E-state index is 6.16. The molecule has 1 aliphatic heterocycles. The van der Waals surface area contributed by atoms with Crippen molar-refractivity contribution >= 4 is 5.69 Å². The second kappa shape index (κ2) is 6.64. The molecule has 1 unspecified atom stereocenters. The Hall–Kier alpha value is -2.00. The molecule has 0 spiro atoms. The van der Waals surface area contributed by atoms with Crippen LogP contribution in [0, 0.1) is 0 Å². The first-order chi connectivity index (χ1) is 10.3. The van der Waals surface area contributed by atoms with E-state index in [-0.39, 0.29) is 6.04 Å². The minimum atomic E-state index is 0.231. The van der Waals surface area contributed by atoms with Crippen molar-refractivity contribution in [1.29, 1.82) is 0 Å². The van der Waals surface area contributed by atoms with Crippen LogP contribution in [0.1, 0.15) is 12.0 Å². The summed E-state index contributed by atoms with van der Waals surface area (Å²) in [5, 5.41) is 0. The fraction of sp³-hybridized carbons (Fsp3) is 0.333. The zero-order chi connectivity index (χ0) is 14.5. The van der Waals surface area contributed by atoms with Crippen LogP contribution in [0.15, 0.2) is 54.6 Å².